The first-order chi connectivity index (χ1) is 13.0. The van der Waals surface area contributed by atoms with Gasteiger partial charge in [0.2, 0.25) is 0 Å². The number of hydrogen-bond acceptors (Lipinski definition) is 5. The van der Waals surface area contributed by atoms with E-state index in [1.165, 1.54) is 17.4 Å². The first kappa shape index (κ1) is 18.9. The molecule has 1 aliphatic rings. The van der Waals surface area contributed by atoms with Crippen LogP contribution in [0, 0.1) is 0 Å². The number of benzene rings is 1. The standard InChI is InChI=1S/C21H23NO5/c1-14(19-6-3-11-26-19)22-20(24)13-27-21(25)10-9-18(23)17-8-7-15-4-2-5-16(15)12-17/h3,6-8,11-12,14H,2,4-5,9-10,13H2,1H3,(H,22,24)/t14-/m0/s1. The third kappa shape index (κ3) is 5.06. The molecule has 6 heteroatoms. The molecule has 0 saturated heterocycles. The number of furan rings is 1. The largest absolute Gasteiger partial charge is 0.467 e. The number of ketones is 1. The molecule has 1 aromatic carbocycles. The SMILES string of the molecule is C[C@H](NC(=O)COC(=O)CCC(=O)c1ccc2c(c1)CCC2)c1ccco1. The molecule has 142 valence electrons. The lowest BCUT2D eigenvalue weighted by Crippen LogP contribution is -2.31. The Morgan fingerprint density at radius 1 is 1.15 bits per heavy atom. The minimum atomic E-state index is -0.565. The maximum Gasteiger partial charge on any atom is 0.306 e. The molecule has 1 N–H and O–H groups in total. The number of nitrogens with one attached hydrogen (secondary N) is 1. The lowest BCUT2D eigenvalue weighted by molar-refractivity contribution is -0.148. The summed E-state index contributed by atoms with van der Waals surface area (Å²) in [6, 6.07) is 8.92. The number of hydrogen-bond donors (Lipinski definition) is 1. The average molecular weight is 369 g/mol. The first-order valence-electron chi connectivity index (χ1n) is 9.16. The van der Waals surface area contributed by atoms with Crippen molar-refractivity contribution in [2.75, 3.05) is 6.61 Å². The van der Waals surface area contributed by atoms with Gasteiger partial charge in [0.25, 0.3) is 5.91 Å². The summed E-state index contributed by atoms with van der Waals surface area (Å²) in [5, 5.41) is 2.68. The zero-order valence-electron chi connectivity index (χ0n) is 15.3. The van der Waals surface area contributed by atoms with Crippen LogP contribution in [-0.4, -0.2) is 24.3 Å². The number of esters is 1. The van der Waals surface area contributed by atoms with E-state index in [1.54, 1.807) is 19.1 Å². The Bertz CT molecular complexity index is 825. The molecule has 2 aromatic rings. The Hall–Kier alpha value is -2.89. The fourth-order valence-electron chi connectivity index (χ4n) is 3.22. The molecule has 1 heterocycles. The molecule has 1 aromatic heterocycles. The van der Waals surface area contributed by atoms with Crippen LogP contribution in [0.2, 0.25) is 0 Å². The van der Waals surface area contributed by atoms with Crippen molar-refractivity contribution in [3.05, 3.63) is 59.0 Å². The Morgan fingerprint density at radius 2 is 1.96 bits per heavy atom. The molecule has 0 spiro atoms. The van der Waals surface area contributed by atoms with E-state index in [-0.39, 0.29) is 31.3 Å². The van der Waals surface area contributed by atoms with Crippen molar-refractivity contribution < 1.29 is 23.5 Å². The van der Waals surface area contributed by atoms with E-state index in [2.05, 4.69) is 5.32 Å². The fraction of sp³-hybridized carbons (Fsp3) is 0.381. The van der Waals surface area contributed by atoms with Gasteiger partial charge in [-0.25, -0.2) is 0 Å². The highest BCUT2D eigenvalue weighted by Crippen LogP contribution is 2.23. The number of aryl methyl sites for hydroxylation is 2. The summed E-state index contributed by atoms with van der Waals surface area (Å²) in [6.07, 6.45) is 4.75. The van der Waals surface area contributed by atoms with Gasteiger partial charge in [-0.05, 0) is 55.5 Å². The van der Waals surface area contributed by atoms with Gasteiger partial charge < -0.3 is 14.5 Å². The summed E-state index contributed by atoms with van der Waals surface area (Å²) >= 11 is 0. The number of carbonyl (C=O) groups is 3. The lowest BCUT2D eigenvalue weighted by Gasteiger charge is -2.11. The summed E-state index contributed by atoms with van der Waals surface area (Å²) in [6.45, 7) is 1.39. The topological polar surface area (TPSA) is 85.6 Å². The van der Waals surface area contributed by atoms with Gasteiger partial charge in [0.05, 0.1) is 18.7 Å². The molecule has 0 saturated carbocycles. The van der Waals surface area contributed by atoms with Crippen molar-refractivity contribution in [2.24, 2.45) is 0 Å². The molecule has 0 aliphatic heterocycles. The summed E-state index contributed by atoms with van der Waals surface area (Å²) in [5.41, 5.74) is 3.17. The first-order valence-corrected chi connectivity index (χ1v) is 9.16. The Balaban J connectivity index is 1.39. The molecule has 0 bridgehead atoms. The second kappa shape index (κ2) is 8.66. The van der Waals surface area contributed by atoms with Gasteiger partial charge in [0.15, 0.2) is 12.4 Å². The third-order valence-electron chi connectivity index (χ3n) is 4.69. The van der Waals surface area contributed by atoms with Crippen LogP contribution in [0.25, 0.3) is 0 Å². The van der Waals surface area contributed by atoms with Crippen LogP contribution in [0.3, 0.4) is 0 Å². The molecule has 1 amide bonds. The molecule has 27 heavy (non-hydrogen) atoms. The van der Waals surface area contributed by atoms with Crippen LogP contribution in [0.5, 0.6) is 0 Å². The molecule has 0 unspecified atom stereocenters. The predicted octanol–water partition coefficient (Wildman–Crippen LogP) is 3.15. The Morgan fingerprint density at radius 3 is 2.74 bits per heavy atom. The quantitative estimate of drug-likeness (QED) is 0.571. The minimum Gasteiger partial charge on any atom is -0.467 e. The second-order valence-electron chi connectivity index (χ2n) is 6.73. The van der Waals surface area contributed by atoms with Crippen molar-refractivity contribution in [1.82, 2.24) is 5.32 Å². The summed E-state index contributed by atoms with van der Waals surface area (Å²) in [4.78, 5) is 35.9. The minimum absolute atomic E-state index is 0.0447. The van der Waals surface area contributed by atoms with Crippen LogP contribution < -0.4 is 5.32 Å². The van der Waals surface area contributed by atoms with E-state index in [1.807, 2.05) is 18.2 Å². The Kier molecular flexibility index (Phi) is 6.06. The molecular formula is C21H23NO5. The van der Waals surface area contributed by atoms with Gasteiger partial charge in [-0.2, -0.15) is 0 Å². The molecular weight excluding hydrogens is 346 g/mol. The number of fused-ring (bicyclic) bond motifs is 1. The van der Waals surface area contributed by atoms with E-state index in [0.29, 0.717) is 11.3 Å². The van der Waals surface area contributed by atoms with Gasteiger partial charge in [0, 0.05) is 12.0 Å². The summed E-state index contributed by atoms with van der Waals surface area (Å²) in [7, 11) is 0. The van der Waals surface area contributed by atoms with E-state index < -0.39 is 11.9 Å². The predicted molar refractivity (Wildman–Crippen MR) is 98.3 cm³/mol. The van der Waals surface area contributed by atoms with Gasteiger partial charge in [-0.3, -0.25) is 14.4 Å². The molecule has 3 rings (SSSR count). The van der Waals surface area contributed by atoms with E-state index in [4.69, 9.17) is 9.15 Å². The van der Waals surface area contributed by atoms with Crippen molar-refractivity contribution in [3.8, 4) is 0 Å². The summed E-state index contributed by atoms with van der Waals surface area (Å²) < 4.78 is 10.1. The highest BCUT2D eigenvalue weighted by molar-refractivity contribution is 5.98. The molecule has 1 atom stereocenters. The van der Waals surface area contributed by atoms with Crippen molar-refractivity contribution >= 4 is 17.7 Å². The maximum absolute atomic E-state index is 12.3. The highest BCUT2D eigenvalue weighted by atomic mass is 16.5. The van der Waals surface area contributed by atoms with E-state index in [0.717, 1.165) is 19.3 Å². The van der Waals surface area contributed by atoms with Crippen LogP contribution in [0.4, 0.5) is 0 Å². The van der Waals surface area contributed by atoms with Gasteiger partial charge >= 0.3 is 5.97 Å². The maximum atomic E-state index is 12.3. The number of carbonyl (C=O) groups excluding carboxylic acids is 3. The van der Waals surface area contributed by atoms with Crippen molar-refractivity contribution in [3.63, 3.8) is 0 Å². The van der Waals surface area contributed by atoms with Crippen LogP contribution >= 0.6 is 0 Å². The number of Topliss-reactive ketones (excluding diaryl/α,β-unsaturated/α-hetero) is 1. The van der Waals surface area contributed by atoms with E-state index in [9.17, 15) is 14.4 Å². The van der Waals surface area contributed by atoms with Gasteiger partial charge in [-0.1, -0.05) is 12.1 Å². The van der Waals surface area contributed by atoms with E-state index >= 15 is 0 Å². The fourth-order valence-corrected chi connectivity index (χ4v) is 3.22. The normalized spacial score (nSPS) is 13.7. The monoisotopic (exact) mass is 369 g/mol. The Labute approximate surface area is 157 Å². The number of ether oxygens (including phenoxy) is 1. The van der Waals surface area contributed by atoms with Crippen LogP contribution in [-0.2, 0) is 27.2 Å². The highest BCUT2D eigenvalue weighted by Gasteiger charge is 2.17. The van der Waals surface area contributed by atoms with Crippen molar-refractivity contribution in [2.45, 2.75) is 45.1 Å². The zero-order valence-corrected chi connectivity index (χ0v) is 15.3. The second-order valence-corrected chi connectivity index (χ2v) is 6.73. The average Bonchev–Trinajstić information content (AvgIpc) is 3.35. The van der Waals surface area contributed by atoms with Crippen LogP contribution in [0.1, 0.15) is 59.5 Å². The third-order valence-corrected chi connectivity index (χ3v) is 4.69. The van der Waals surface area contributed by atoms with Gasteiger partial charge in [0.1, 0.15) is 5.76 Å². The number of amides is 1. The van der Waals surface area contributed by atoms with Crippen LogP contribution in [0.15, 0.2) is 41.0 Å². The molecule has 0 radical (unpaired) electrons. The molecule has 6 nitrogen and oxygen atoms in total. The molecule has 0 fully saturated rings. The molecule has 1 aliphatic carbocycles. The van der Waals surface area contributed by atoms with Gasteiger partial charge in [-0.15, -0.1) is 0 Å². The van der Waals surface area contributed by atoms with Crippen molar-refractivity contribution in [1.29, 1.82) is 0 Å². The zero-order chi connectivity index (χ0) is 19.2. The number of rotatable bonds is 8. The smallest absolute Gasteiger partial charge is 0.306 e. The summed E-state index contributed by atoms with van der Waals surface area (Å²) in [5.74, 6) is -0.449. The lowest BCUT2D eigenvalue weighted by atomic mass is 10.0.